The van der Waals surface area contributed by atoms with Crippen molar-refractivity contribution in [2.45, 2.75) is 38.5 Å². The molecule has 1 unspecified atom stereocenters. The average Bonchev–Trinajstić information content (AvgIpc) is 2.25. The molecule has 0 aromatic rings. The van der Waals surface area contributed by atoms with E-state index in [0.717, 1.165) is 38.6 Å². The lowest BCUT2D eigenvalue weighted by Gasteiger charge is -2.36. The largest absolute Gasteiger partial charge is 0.302 e. The Morgan fingerprint density at radius 1 is 1.12 bits per heavy atom. The van der Waals surface area contributed by atoms with Crippen molar-refractivity contribution < 1.29 is 8.78 Å². The minimum atomic E-state index is -2.45. The highest BCUT2D eigenvalue weighted by Crippen LogP contribution is 2.26. The topological polar surface area (TPSA) is 6.48 Å². The summed E-state index contributed by atoms with van der Waals surface area (Å²) in [6.07, 6.45) is 3.29. The number of nitrogens with zero attached hydrogens (tertiary/aromatic N) is 2. The summed E-state index contributed by atoms with van der Waals surface area (Å²) in [4.78, 5) is 4.36. The zero-order valence-corrected chi connectivity index (χ0v) is 10.8. The van der Waals surface area contributed by atoms with Gasteiger partial charge in [0.05, 0.1) is 6.54 Å². The fourth-order valence-corrected chi connectivity index (χ4v) is 3.01. The summed E-state index contributed by atoms with van der Waals surface area (Å²) in [5, 5.41) is 0. The molecule has 0 aromatic heterocycles. The zero-order valence-electron chi connectivity index (χ0n) is 10.8. The van der Waals surface area contributed by atoms with Crippen LogP contribution >= 0.6 is 0 Å². The Balaban J connectivity index is 1.70. The van der Waals surface area contributed by atoms with Gasteiger partial charge in [0.2, 0.25) is 0 Å². The second-order valence-electron chi connectivity index (χ2n) is 5.78. The second kappa shape index (κ2) is 5.61. The normalized spacial score (nSPS) is 31.6. The first-order valence-electron chi connectivity index (χ1n) is 6.88. The Labute approximate surface area is 103 Å². The number of hydrogen-bond acceptors (Lipinski definition) is 2. The van der Waals surface area contributed by atoms with Gasteiger partial charge in [0.1, 0.15) is 0 Å². The number of piperidine rings is 2. The van der Waals surface area contributed by atoms with Crippen molar-refractivity contribution in [1.29, 1.82) is 0 Å². The van der Waals surface area contributed by atoms with Gasteiger partial charge in [-0.05, 0) is 38.3 Å². The quantitative estimate of drug-likeness (QED) is 0.754. The third-order valence-electron chi connectivity index (χ3n) is 3.95. The summed E-state index contributed by atoms with van der Waals surface area (Å²) in [5.74, 6) is -1.68. The van der Waals surface area contributed by atoms with Gasteiger partial charge in [0, 0.05) is 26.1 Å². The molecule has 0 amide bonds. The number of halogens is 2. The Kier molecular flexibility index (Phi) is 4.36. The molecule has 0 radical (unpaired) electrons. The first-order chi connectivity index (χ1) is 8.05. The molecule has 0 spiro atoms. The maximum atomic E-state index is 13.2. The second-order valence-corrected chi connectivity index (χ2v) is 5.78. The van der Waals surface area contributed by atoms with Crippen LogP contribution in [-0.2, 0) is 0 Å². The van der Waals surface area contributed by atoms with E-state index in [1.54, 1.807) is 0 Å². The van der Waals surface area contributed by atoms with Crippen molar-refractivity contribution >= 4 is 0 Å². The van der Waals surface area contributed by atoms with Crippen LogP contribution in [0.3, 0.4) is 0 Å². The lowest BCUT2D eigenvalue weighted by molar-refractivity contribution is -0.0655. The monoisotopic (exact) mass is 246 g/mol. The molecule has 0 aliphatic carbocycles. The van der Waals surface area contributed by atoms with Gasteiger partial charge in [0.25, 0.3) is 5.92 Å². The molecule has 1 atom stereocenters. The molecule has 17 heavy (non-hydrogen) atoms. The van der Waals surface area contributed by atoms with E-state index in [1.807, 2.05) is 4.90 Å². The molecule has 2 heterocycles. The van der Waals surface area contributed by atoms with Gasteiger partial charge in [-0.1, -0.05) is 6.92 Å². The lowest BCUT2D eigenvalue weighted by atomic mass is 10.0. The number of rotatable bonds is 3. The van der Waals surface area contributed by atoms with Gasteiger partial charge in [-0.15, -0.1) is 0 Å². The molecule has 2 nitrogen and oxygen atoms in total. The van der Waals surface area contributed by atoms with E-state index >= 15 is 0 Å². The fourth-order valence-electron chi connectivity index (χ4n) is 3.01. The van der Waals surface area contributed by atoms with Crippen LogP contribution in [0.5, 0.6) is 0 Å². The van der Waals surface area contributed by atoms with E-state index < -0.39 is 5.92 Å². The van der Waals surface area contributed by atoms with Crippen LogP contribution < -0.4 is 0 Å². The zero-order chi connectivity index (χ0) is 12.3. The molecule has 4 heteroatoms. The third kappa shape index (κ3) is 4.18. The van der Waals surface area contributed by atoms with Gasteiger partial charge in [-0.25, -0.2) is 8.78 Å². The van der Waals surface area contributed by atoms with E-state index in [-0.39, 0.29) is 13.0 Å². The first-order valence-corrected chi connectivity index (χ1v) is 6.88. The highest BCUT2D eigenvalue weighted by molar-refractivity contribution is 4.80. The number of likely N-dealkylation sites (tertiary alicyclic amines) is 2. The highest BCUT2D eigenvalue weighted by Gasteiger charge is 2.34. The van der Waals surface area contributed by atoms with Crippen molar-refractivity contribution in [3.05, 3.63) is 0 Å². The molecule has 2 fully saturated rings. The molecular formula is C13H24F2N2. The third-order valence-corrected chi connectivity index (χ3v) is 3.95. The molecule has 0 N–H and O–H groups in total. The van der Waals surface area contributed by atoms with E-state index in [1.165, 1.54) is 12.8 Å². The van der Waals surface area contributed by atoms with Gasteiger partial charge < -0.3 is 4.90 Å². The van der Waals surface area contributed by atoms with Crippen molar-refractivity contribution in [1.82, 2.24) is 9.80 Å². The smallest absolute Gasteiger partial charge is 0.260 e. The summed E-state index contributed by atoms with van der Waals surface area (Å²) < 4.78 is 26.5. The van der Waals surface area contributed by atoms with Crippen molar-refractivity contribution in [3.8, 4) is 0 Å². The molecule has 0 saturated carbocycles. The molecule has 100 valence electrons. The standard InChI is InChI=1S/C13H24F2N2/c1-12-4-2-6-16(10-12)8-9-17-7-3-5-13(14,15)11-17/h12H,2-11H2,1H3. The average molecular weight is 246 g/mol. The Bertz CT molecular complexity index is 246. The van der Waals surface area contributed by atoms with E-state index in [0.29, 0.717) is 6.42 Å². The Morgan fingerprint density at radius 3 is 2.53 bits per heavy atom. The molecule has 2 aliphatic heterocycles. The SMILES string of the molecule is CC1CCCN(CCN2CCCC(F)(F)C2)C1. The summed E-state index contributed by atoms with van der Waals surface area (Å²) in [7, 11) is 0. The summed E-state index contributed by atoms with van der Waals surface area (Å²) >= 11 is 0. The number of hydrogen-bond donors (Lipinski definition) is 0. The maximum absolute atomic E-state index is 13.2. The molecule has 2 aliphatic rings. The minimum Gasteiger partial charge on any atom is -0.302 e. The minimum absolute atomic E-state index is 0.0314. The summed E-state index contributed by atoms with van der Waals surface area (Å²) in [5.41, 5.74) is 0. The van der Waals surface area contributed by atoms with E-state index in [4.69, 9.17) is 0 Å². The first kappa shape index (κ1) is 13.2. The molecule has 0 aromatic carbocycles. The molecule has 2 rings (SSSR count). The van der Waals surface area contributed by atoms with Crippen LogP contribution in [0.4, 0.5) is 8.78 Å². The van der Waals surface area contributed by atoms with Crippen LogP contribution in [0.15, 0.2) is 0 Å². The molecule has 0 bridgehead atoms. The molecule has 2 saturated heterocycles. The Hall–Kier alpha value is -0.220. The maximum Gasteiger partial charge on any atom is 0.260 e. The van der Waals surface area contributed by atoms with Crippen molar-refractivity contribution in [2.24, 2.45) is 5.92 Å². The molecular weight excluding hydrogens is 222 g/mol. The van der Waals surface area contributed by atoms with Gasteiger partial charge in [0.15, 0.2) is 0 Å². The van der Waals surface area contributed by atoms with Gasteiger partial charge in [-0.2, -0.15) is 0 Å². The fraction of sp³-hybridized carbons (Fsp3) is 1.00. The van der Waals surface area contributed by atoms with Crippen LogP contribution in [0.1, 0.15) is 32.6 Å². The highest BCUT2D eigenvalue weighted by atomic mass is 19.3. The lowest BCUT2D eigenvalue weighted by Crippen LogP contribution is -2.46. The summed E-state index contributed by atoms with van der Waals surface area (Å²) in [6.45, 7) is 7.15. The van der Waals surface area contributed by atoms with E-state index in [2.05, 4.69) is 11.8 Å². The predicted octanol–water partition coefficient (Wildman–Crippen LogP) is 2.45. The van der Waals surface area contributed by atoms with Crippen molar-refractivity contribution in [2.75, 3.05) is 39.3 Å². The summed E-state index contributed by atoms with van der Waals surface area (Å²) in [6, 6.07) is 0. The van der Waals surface area contributed by atoms with Crippen LogP contribution in [-0.4, -0.2) is 55.0 Å². The van der Waals surface area contributed by atoms with Gasteiger partial charge in [-0.3, -0.25) is 4.90 Å². The van der Waals surface area contributed by atoms with Gasteiger partial charge >= 0.3 is 0 Å². The Morgan fingerprint density at radius 2 is 1.82 bits per heavy atom. The van der Waals surface area contributed by atoms with E-state index in [9.17, 15) is 8.78 Å². The van der Waals surface area contributed by atoms with Crippen LogP contribution in [0, 0.1) is 5.92 Å². The van der Waals surface area contributed by atoms with Crippen molar-refractivity contribution in [3.63, 3.8) is 0 Å². The predicted molar refractivity (Wildman–Crippen MR) is 65.5 cm³/mol. The van der Waals surface area contributed by atoms with Crippen LogP contribution in [0.2, 0.25) is 0 Å². The number of alkyl halides is 2. The van der Waals surface area contributed by atoms with Crippen LogP contribution in [0.25, 0.3) is 0 Å².